The minimum atomic E-state index is 0.0367. The standard InChI is InChI=1S/C17H24N4OS/c1-4-18-17(20-10-16-12(2)21-13(3)23-16)19-9-14-7-5-6-8-15(14)11-22/h5-8,22H,4,9-11H2,1-3H3,(H2,18,19,20). The van der Waals surface area contributed by atoms with Crippen LogP contribution in [0.25, 0.3) is 0 Å². The van der Waals surface area contributed by atoms with Crippen LogP contribution >= 0.6 is 11.3 Å². The number of nitrogens with zero attached hydrogens (tertiary/aromatic N) is 2. The Morgan fingerprint density at radius 1 is 1.22 bits per heavy atom. The van der Waals surface area contributed by atoms with Gasteiger partial charge in [0.15, 0.2) is 5.96 Å². The molecule has 124 valence electrons. The molecule has 0 spiro atoms. The Hall–Kier alpha value is -1.92. The first kappa shape index (κ1) is 17.4. The van der Waals surface area contributed by atoms with Crippen molar-refractivity contribution in [2.24, 2.45) is 4.99 Å². The zero-order valence-corrected chi connectivity index (χ0v) is 14.7. The molecule has 0 amide bonds. The summed E-state index contributed by atoms with van der Waals surface area (Å²) >= 11 is 1.71. The molecule has 0 aliphatic carbocycles. The minimum Gasteiger partial charge on any atom is -0.392 e. The number of hydrogen-bond donors (Lipinski definition) is 3. The lowest BCUT2D eigenvalue weighted by molar-refractivity contribution is 0.280. The Morgan fingerprint density at radius 2 is 1.96 bits per heavy atom. The van der Waals surface area contributed by atoms with Crippen molar-refractivity contribution in [1.29, 1.82) is 0 Å². The number of aliphatic imine (C=N–C) groups is 1. The van der Waals surface area contributed by atoms with Crippen LogP contribution < -0.4 is 10.6 Å². The van der Waals surface area contributed by atoms with Gasteiger partial charge in [0.2, 0.25) is 0 Å². The maximum atomic E-state index is 9.39. The second-order valence-electron chi connectivity index (χ2n) is 5.22. The maximum Gasteiger partial charge on any atom is 0.191 e. The zero-order valence-electron chi connectivity index (χ0n) is 13.9. The first-order chi connectivity index (χ1) is 11.1. The molecule has 1 aromatic heterocycles. The van der Waals surface area contributed by atoms with Crippen molar-refractivity contribution in [3.05, 3.63) is 51.0 Å². The number of thiazole rings is 1. The van der Waals surface area contributed by atoms with E-state index in [4.69, 9.17) is 0 Å². The number of benzene rings is 1. The normalized spacial score (nSPS) is 11.6. The molecule has 0 saturated carbocycles. The summed E-state index contributed by atoms with van der Waals surface area (Å²) < 4.78 is 0. The van der Waals surface area contributed by atoms with Crippen LogP contribution in [0.1, 0.15) is 33.6 Å². The third kappa shape index (κ3) is 5.04. The molecule has 0 bridgehead atoms. The fourth-order valence-electron chi connectivity index (χ4n) is 2.27. The number of aromatic nitrogens is 1. The van der Waals surface area contributed by atoms with Gasteiger partial charge in [-0.1, -0.05) is 24.3 Å². The molecule has 1 heterocycles. The van der Waals surface area contributed by atoms with Crippen LogP contribution in [0.4, 0.5) is 0 Å². The quantitative estimate of drug-likeness (QED) is 0.561. The molecule has 0 radical (unpaired) electrons. The summed E-state index contributed by atoms with van der Waals surface area (Å²) in [6, 6.07) is 7.81. The second-order valence-corrected chi connectivity index (χ2v) is 6.50. The third-order valence-electron chi connectivity index (χ3n) is 3.46. The number of guanidine groups is 1. The van der Waals surface area contributed by atoms with E-state index >= 15 is 0 Å². The van der Waals surface area contributed by atoms with Crippen molar-refractivity contribution in [2.75, 3.05) is 6.54 Å². The number of aryl methyl sites for hydroxylation is 2. The van der Waals surface area contributed by atoms with Gasteiger partial charge in [-0.25, -0.2) is 9.98 Å². The van der Waals surface area contributed by atoms with Crippen molar-refractivity contribution >= 4 is 17.3 Å². The van der Waals surface area contributed by atoms with Crippen LogP contribution in [0.3, 0.4) is 0 Å². The molecule has 5 nitrogen and oxygen atoms in total. The summed E-state index contributed by atoms with van der Waals surface area (Å²) in [5.41, 5.74) is 3.03. The molecule has 3 N–H and O–H groups in total. The van der Waals surface area contributed by atoms with Crippen LogP contribution in [0.15, 0.2) is 29.3 Å². The zero-order chi connectivity index (χ0) is 16.7. The molecular weight excluding hydrogens is 308 g/mol. The van der Waals surface area contributed by atoms with Gasteiger partial charge in [0, 0.05) is 11.4 Å². The van der Waals surface area contributed by atoms with E-state index in [1.807, 2.05) is 45.0 Å². The summed E-state index contributed by atoms with van der Waals surface area (Å²) in [5.74, 6) is 0.769. The van der Waals surface area contributed by atoms with Crippen LogP contribution in [0, 0.1) is 13.8 Å². The Labute approximate surface area is 141 Å². The van der Waals surface area contributed by atoms with Crippen LogP contribution in [0.5, 0.6) is 0 Å². The highest BCUT2D eigenvalue weighted by Crippen LogP contribution is 2.16. The molecule has 1 aromatic carbocycles. The summed E-state index contributed by atoms with van der Waals surface area (Å²) in [6.45, 7) is 8.18. The van der Waals surface area contributed by atoms with Gasteiger partial charge in [-0.05, 0) is 31.9 Å². The van der Waals surface area contributed by atoms with Gasteiger partial charge in [-0.2, -0.15) is 0 Å². The van der Waals surface area contributed by atoms with Crippen molar-refractivity contribution in [1.82, 2.24) is 15.6 Å². The molecule has 0 aliphatic rings. The van der Waals surface area contributed by atoms with E-state index < -0.39 is 0 Å². The highest BCUT2D eigenvalue weighted by atomic mass is 32.1. The number of aliphatic hydroxyl groups is 1. The minimum absolute atomic E-state index is 0.0367. The predicted molar refractivity (Wildman–Crippen MR) is 95.6 cm³/mol. The summed E-state index contributed by atoms with van der Waals surface area (Å²) in [5, 5.41) is 17.1. The molecule has 0 fully saturated rings. The molecule has 2 rings (SSSR count). The first-order valence-electron chi connectivity index (χ1n) is 7.76. The van der Waals surface area contributed by atoms with E-state index in [0.717, 1.165) is 34.3 Å². The highest BCUT2D eigenvalue weighted by molar-refractivity contribution is 7.11. The molecule has 0 aliphatic heterocycles. The van der Waals surface area contributed by atoms with Gasteiger partial charge in [0.1, 0.15) is 0 Å². The van der Waals surface area contributed by atoms with Gasteiger partial charge in [-0.3, -0.25) is 0 Å². The highest BCUT2D eigenvalue weighted by Gasteiger charge is 2.06. The topological polar surface area (TPSA) is 69.5 Å². The van der Waals surface area contributed by atoms with Crippen molar-refractivity contribution < 1.29 is 5.11 Å². The van der Waals surface area contributed by atoms with Crippen molar-refractivity contribution in [3.8, 4) is 0 Å². The molecule has 0 unspecified atom stereocenters. The van der Waals surface area contributed by atoms with Gasteiger partial charge < -0.3 is 15.7 Å². The Morgan fingerprint density at radius 3 is 2.57 bits per heavy atom. The van der Waals surface area contributed by atoms with E-state index in [0.29, 0.717) is 13.1 Å². The van der Waals surface area contributed by atoms with Gasteiger partial charge >= 0.3 is 0 Å². The van der Waals surface area contributed by atoms with Crippen LogP contribution in [-0.4, -0.2) is 22.6 Å². The van der Waals surface area contributed by atoms with E-state index in [1.165, 1.54) is 4.88 Å². The third-order valence-corrected chi connectivity index (χ3v) is 4.53. The smallest absolute Gasteiger partial charge is 0.191 e. The number of rotatable bonds is 6. The number of nitrogens with one attached hydrogen (secondary N) is 2. The predicted octanol–water partition coefficient (Wildman–Crippen LogP) is 2.51. The maximum absolute atomic E-state index is 9.39. The second kappa shape index (κ2) is 8.64. The van der Waals surface area contributed by atoms with Crippen molar-refractivity contribution in [3.63, 3.8) is 0 Å². The largest absolute Gasteiger partial charge is 0.392 e. The number of aliphatic hydroxyl groups excluding tert-OH is 1. The van der Waals surface area contributed by atoms with Gasteiger partial charge in [0.05, 0.1) is 30.4 Å². The molecule has 23 heavy (non-hydrogen) atoms. The van der Waals surface area contributed by atoms with Gasteiger partial charge in [0.25, 0.3) is 0 Å². The fraction of sp³-hybridized carbons (Fsp3) is 0.412. The lowest BCUT2D eigenvalue weighted by Crippen LogP contribution is -2.36. The Balaban J connectivity index is 2.03. The lowest BCUT2D eigenvalue weighted by atomic mass is 10.1. The average molecular weight is 332 g/mol. The first-order valence-corrected chi connectivity index (χ1v) is 8.58. The van der Waals surface area contributed by atoms with E-state index in [-0.39, 0.29) is 6.61 Å². The Bertz CT molecular complexity index is 666. The lowest BCUT2D eigenvalue weighted by Gasteiger charge is -2.11. The van der Waals surface area contributed by atoms with E-state index in [9.17, 15) is 5.11 Å². The Kier molecular flexibility index (Phi) is 6.55. The van der Waals surface area contributed by atoms with Crippen LogP contribution in [-0.2, 0) is 19.7 Å². The van der Waals surface area contributed by atoms with Crippen molar-refractivity contribution in [2.45, 2.75) is 40.5 Å². The molecule has 0 atom stereocenters. The van der Waals surface area contributed by atoms with Crippen LogP contribution in [0.2, 0.25) is 0 Å². The SMILES string of the molecule is CCNC(=NCc1ccccc1CO)NCc1sc(C)nc1C. The van der Waals surface area contributed by atoms with E-state index in [2.05, 4.69) is 20.6 Å². The average Bonchev–Trinajstić information content (AvgIpc) is 2.88. The van der Waals surface area contributed by atoms with E-state index in [1.54, 1.807) is 11.3 Å². The number of hydrogen-bond acceptors (Lipinski definition) is 4. The summed E-state index contributed by atoms with van der Waals surface area (Å²) in [4.78, 5) is 10.3. The fourth-order valence-corrected chi connectivity index (χ4v) is 3.15. The monoisotopic (exact) mass is 332 g/mol. The summed E-state index contributed by atoms with van der Waals surface area (Å²) in [7, 11) is 0. The van der Waals surface area contributed by atoms with Gasteiger partial charge in [-0.15, -0.1) is 11.3 Å². The molecular formula is C17H24N4OS. The summed E-state index contributed by atoms with van der Waals surface area (Å²) in [6.07, 6.45) is 0. The molecule has 2 aromatic rings. The molecule has 6 heteroatoms. The molecule has 0 saturated heterocycles.